The van der Waals surface area contributed by atoms with Crippen molar-refractivity contribution in [3.05, 3.63) is 72.6 Å². The van der Waals surface area contributed by atoms with Gasteiger partial charge in [-0.25, -0.2) is 9.48 Å². The topological polar surface area (TPSA) is 102 Å². The summed E-state index contributed by atoms with van der Waals surface area (Å²) in [5.41, 5.74) is 5.95. The lowest BCUT2D eigenvalue weighted by Gasteiger charge is -2.31. The average molecular weight is 513 g/mol. The summed E-state index contributed by atoms with van der Waals surface area (Å²) in [5.74, 6) is -0.148. The van der Waals surface area contributed by atoms with Crippen LogP contribution in [0.3, 0.4) is 0 Å². The first kappa shape index (κ1) is 25.4. The Morgan fingerprint density at radius 3 is 2.53 bits per heavy atom. The van der Waals surface area contributed by atoms with Crippen LogP contribution in [-0.4, -0.2) is 63.3 Å². The molecule has 38 heavy (non-hydrogen) atoms. The predicted molar refractivity (Wildman–Crippen MR) is 146 cm³/mol. The Morgan fingerprint density at radius 2 is 1.82 bits per heavy atom. The molecule has 3 heterocycles. The van der Waals surface area contributed by atoms with Gasteiger partial charge in [0.05, 0.1) is 25.0 Å². The van der Waals surface area contributed by atoms with Crippen LogP contribution in [-0.2, 0) is 9.53 Å². The van der Waals surface area contributed by atoms with Crippen molar-refractivity contribution >= 4 is 23.3 Å². The van der Waals surface area contributed by atoms with Crippen molar-refractivity contribution in [3.63, 3.8) is 0 Å². The van der Waals surface area contributed by atoms with Crippen LogP contribution in [0.25, 0.3) is 22.5 Å². The molecule has 3 aromatic rings. The zero-order valence-electron chi connectivity index (χ0n) is 21.9. The molecule has 1 saturated heterocycles. The lowest BCUT2D eigenvalue weighted by molar-refractivity contribution is -0.134. The number of aromatic nitrogens is 3. The van der Waals surface area contributed by atoms with Gasteiger partial charge in [0.2, 0.25) is 5.91 Å². The Balaban J connectivity index is 1.24. The molecule has 196 valence electrons. The Hall–Kier alpha value is -4.27. The fraction of sp³-hybridized carbons (Fsp3) is 0.345. The monoisotopic (exact) mass is 512 g/mol. The van der Waals surface area contributed by atoms with E-state index in [1.54, 1.807) is 4.68 Å². The van der Waals surface area contributed by atoms with E-state index in [4.69, 9.17) is 9.73 Å². The molecule has 0 aliphatic carbocycles. The lowest BCUT2D eigenvalue weighted by atomic mass is 9.97. The van der Waals surface area contributed by atoms with Gasteiger partial charge >= 0.3 is 6.09 Å². The summed E-state index contributed by atoms with van der Waals surface area (Å²) >= 11 is 0. The maximum absolute atomic E-state index is 13.4. The number of amides is 2. The van der Waals surface area contributed by atoms with Gasteiger partial charge in [0.15, 0.2) is 0 Å². The second-order valence-electron chi connectivity index (χ2n) is 9.96. The standard InChI is InChI=1S/C29H32N6O3/c1-19(2)27(31-29(37)38-3)28(36)34-15-7-10-26(34)24-16-22(17-30-24)20-11-13-23(14-12-20)35-18-25(32-33-35)21-8-5-4-6-9-21/h4-6,8-9,11-14,17-19,26-27H,7,10,15-16H2,1-3H3,(H,31,37)/t26-,27-/m0/s1. The molecule has 2 aliphatic heterocycles. The highest BCUT2D eigenvalue weighted by Gasteiger charge is 2.38. The molecule has 2 aromatic carbocycles. The maximum Gasteiger partial charge on any atom is 0.407 e. The highest BCUT2D eigenvalue weighted by atomic mass is 16.5. The molecule has 2 aliphatic rings. The normalized spacial score (nSPS) is 17.8. The fourth-order valence-corrected chi connectivity index (χ4v) is 5.04. The number of carbonyl (C=O) groups is 2. The number of rotatable bonds is 7. The van der Waals surface area contributed by atoms with Crippen LogP contribution in [0.1, 0.15) is 38.7 Å². The van der Waals surface area contributed by atoms with Gasteiger partial charge < -0.3 is 15.0 Å². The van der Waals surface area contributed by atoms with Crippen LogP contribution in [0.2, 0.25) is 0 Å². The van der Waals surface area contributed by atoms with Crippen LogP contribution >= 0.6 is 0 Å². The SMILES string of the molecule is COC(=O)N[C@H](C(=O)N1CCC[C@H]1C1=NC=C(c2ccc(-n3cc(-c4ccccc4)nn3)cc2)C1)C(C)C. The molecule has 2 amide bonds. The fourth-order valence-electron chi connectivity index (χ4n) is 5.04. The van der Waals surface area contributed by atoms with Gasteiger partial charge in [-0.15, -0.1) is 5.10 Å². The predicted octanol–water partition coefficient (Wildman–Crippen LogP) is 4.49. The first-order valence-electron chi connectivity index (χ1n) is 12.9. The van der Waals surface area contributed by atoms with Gasteiger partial charge in [-0.1, -0.05) is 61.5 Å². The van der Waals surface area contributed by atoms with E-state index in [2.05, 4.69) is 27.8 Å². The van der Waals surface area contributed by atoms with Crippen molar-refractivity contribution in [2.75, 3.05) is 13.7 Å². The van der Waals surface area contributed by atoms with E-state index in [9.17, 15) is 9.59 Å². The number of ether oxygens (including phenoxy) is 1. The largest absolute Gasteiger partial charge is 0.453 e. The van der Waals surface area contributed by atoms with E-state index < -0.39 is 12.1 Å². The number of carbonyl (C=O) groups excluding carboxylic acids is 2. The molecule has 9 nitrogen and oxygen atoms in total. The third-order valence-electron chi connectivity index (χ3n) is 7.14. The zero-order valence-corrected chi connectivity index (χ0v) is 21.9. The molecule has 0 unspecified atom stereocenters. The lowest BCUT2D eigenvalue weighted by Crippen LogP contribution is -2.53. The Morgan fingerprint density at radius 1 is 1.05 bits per heavy atom. The molecule has 2 atom stereocenters. The molecular weight excluding hydrogens is 480 g/mol. The molecule has 9 heteroatoms. The highest BCUT2D eigenvalue weighted by Crippen LogP contribution is 2.31. The molecule has 1 aromatic heterocycles. The maximum atomic E-state index is 13.4. The van der Waals surface area contributed by atoms with Crippen LogP contribution < -0.4 is 5.32 Å². The van der Waals surface area contributed by atoms with E-state index in [0.29, 0.717) is 13.0 Å². The zero-order chi connectivity index (χ0) is 26.6. The summed E-state index contributed by atoms with van der Waals surface area (Å²) in [7, 11) is 1.30. The van der Waals surface area contributed by atoms with Gasteiger partial charge in [-0.3, -0.25) is 9.79 Å². The number of benzene rings is 2. The van der Waals surface area contributed by atoms with Gasteiger partial charge in [0.25, 0.3) is 0 Å². The van der Waals surface area contributed by atoms with Crippen LogP contribution in [0.5, 0.6) is 0 Å². The van der Waals surface area contributed by atoms with Crippen molar-refractivity contribution in [3.8, 4) is 16.9 Å². The summed E-state index contributed by atoms with van der Waals surface area (Å²) in [4.78, 5) is 31.8. The minimum atomic E-state index is -0.635. The smallest absolute Gasteiger partial charge is 0.407 e. The van der Waals surface area contributed by atoms with Crippen molar-refractivity contribution in [1.29, 1.82) is 0 Å². The third kappa shape index (κ3) is 5.22. The third-order valence-corrected chi connectivity index (χ3v) is 7.14. The van der Waals surface area contributed by atoms with Gasteiger partial charge in [-0.2, -0.15) is 0 Å². The molecule has 1 N–H and O–H groups in total. The van der Waals surface area contributed by atoms with E-state index in [1.807, 2.05) is 73.6 Å². The number of hydrogen-bond donors (Lipinski definition) is 1. The number of nitrogens with one attached hydrogen (secondary N) is 1. The Kier molecular flexibility index (Phi) is 7.35. The van der Waals surface area contributed by atoms with Crippen molar-refractivity contribution in [2.45, 2.75) is 45.2 Å². The second-order valence-corrected chi connectivity index (χ2v) is 9.96. The molecule has 1 fully saturated rings. The van der Waals surface area contributed by atoms with E-state index >= 15 is 0 Å². The van der Waals surface area contributed by atoms with Crippen molar-refractivity contribution < 1.29 is 14.3 Å². The average Bonchev–Trinajstić information content (AvgIpc) is 3.72. The number of aliphatic imine (C=N–C) groups is 1. The first-order valence-corrected chi connectivity index (χ1v) is 12.9. The van der Waals surface area contributed by atoms with Gasteiger partial charge in [0.1, 0.15) is 11.7 Å². The van der Waals surface area contributed by atoms with Gasteiger partial charge in [0, 0.05) is 30.4 Å². The molecule has 0 spiro atoms. The van der Waals surface area contributed by atoms with Crippen molar-refractivity contribution in [1.82, 2.24) is 25.2 Å². The van der Waals surface area contributed by atoms with E-state index in [1.165, 1.54) is 7.11 Å². The second kappa shape index (κ2) is 11.0. The molecule has 5 rings (SSSR count). The summed E-state index contributed by atoms with van der Waals surface area (Å²) in [6, 6.07) is 17.4. The number of methoxy groups -OCH3 is 1. The Bertz CT molecular complexity index is 1360. The summed E-state index contributed by atoms with van der Waals surface area (Å²) < 4.78 is 6.50. The first-order chi connectivity index (χ1) is 18.4. The quantitative estimate of drug-likeness (QED) is 0.503. The number of nitrogens with zero attached hydrogens (tertiary/aromatic N) is 5. The number of alkyl carbamates (subject to hydrolysis) is 1. The van der Waals surface area contributed by atoms with Crippen LogP contribution in [0, 0.1) is 5.92 Å². The van der Waals surface area contributed by atoms with E-state index in [-0.39, 0.29) is 17.9 Å². The van der Waals surface area contributed by atoms with E-state index in [0.717, 1.165) is 46.6 Å². The van der Waals surface area contributed by atoms with Crippen LogP contribution in [0.4, 0.5) is 4.79 Å². The minimum absolute atomic E-state index is 0.0608. The summed E-state index contributed by atoms with van der Waals surface area (Å²) in [6.45, 7) is 4.49. The molecule has 0 saturated carbocycles. The number of hydrogen-bond acceptors (Lipinski definition) is 6. The summed E-state index contributed by atoms with van der Waals surface area (Å²) in [5, 5.41) is 11.3. The Labute approximate surface area is 222 Å². The molecule has 0 radical (unpaired) electrons. The van der Waals surface area contributed by atoms with Gasteiger partial charge in [-0.05, 0) is 42.0 Å². The summed E-state index contributed by atoms with van der Waals surface area (Å²) in [6.07, 6.45) is 5.69. The molecular formula is C29H32N6O3. The van der Waals surface area contributed by atoms with Crippen LogP contribution in [0.15, 0.2) is 72.0 Å². The van der Waals surface area contributed by atoms with Crippen molar-refractivity contribution in [2.24, 2.45) is 10.9 Å². The minimum Gasteiger partial charge on any atom is -0.453 e. The number of allylic oxidation sites excluding steroid dienone is 1. The highest BCUT2D eigenvalue weighted by molar-refractivity contribution is 6.03. The number of likely N-dealkylation sites (tertiary alicyclic amines) is 1. The molecule has 0 bridgehead atoms.